The summed E-state index contributed by atoms with van der Waals surface area (Å²) in [5.74, 6) is -0.413. The molecule has 0 aliphatic rings. The molecule has 0 heterocycles. The van der Waals surface area contributed by atoms with E-state index in [1.807, 2.05) is 0 Å². The number of phosphoric acid groups is 1. The van der Waals surface area contributed by atoms with Crippen molar-refractivity contribution in [1.82, 2.24) is 0 Å². The normalized spacial score (nSPS) is 14.8. The van der Waals surface area contributed by atoms with Crippen molar-refractivity contribution in [2.24, 2.45) is 0 Å². The Labute approximate surface area is 354 Å². The third-order valence-electron chi connectivity index (χ3n) is 9.06. The van der Waals surface area contributed by atoms with Crippen LogP contribution in [-0.2, 0) is 27.9 Å². The van der Waals surface area contributed by atoms with Gasteiger partial charge in [-0.25, -0.2) is 4.57 Å². The van der Waals surface area contributed by atoms with Gasteiger partial charge in [-0.15, -0.1) is 0 Å². The van der Waals surface area contributed by atoms with Crippen LogP contribution in [0.25, 0.3) is 0 Å². The predicted octanol–water partition coefficient (Wildman–Crippen LogP) is 12.7. The Hall–Kier alpha value is -2.36. The number of rotatable bonds is 42. The summed E-state index contributed by atoms with van der Waals surface area (Å²) in [7, 11) is -4.53. The highest BCUT2D eigenvalue weighted by molar-refractivity contribution is 7.47. The van der Waals surface area contributed by atoms with E-state index < -0.39 is 45.8 Å². The Bertz CT molecular complexity index is 1170. The van der Waals surface area contributed by atoms with Gasteiger partial charge in [0, 0.05) is 13.0 Å². The van der Waals surface area contributed by atoms with Crippen molar-refractivity contribution < 1.29 is 43.0 Å². The number of allylic oxidation sites excluding steroid dienone is 14. The van der Waals surface area contributed by atoms with Gasteiger partial charge in [0.15, 0.2) is 0 Å². The molecule has 0 radical (unpaired) electrons. The van der Waals surface area contributed by atoms with Crippen molar-refractivity contribution in [2.75, 3.05) is 33.0 Å². The van der Waals surface area contributed by atoms with E-state index in [0.29, 0.717) is 13.0 Å². The second kappa shape index (κ2) is 44.2. The molecule has 0 aliphatic carbocycles. The van der Waals surface area contributed by atoms with Gasteiger partial charge in [0.25, 0.3) is 0 Å². The maximum atomic E-state index is 12.6. The molecule has 0 bridgehead atoms. The van der Waals surface area contributed by atoms with Crippen LogP contribution in [0.2, 0.25) is 0 Å². The molecule has 3 N–H and O–H groups in total. The fraction of sp³-hybridized carbons (Fsp3) is 0.688. The van der Waals surface area contributed by atoms with Gasteiger partial charge in [-0.3, -0.25) is 13.8 Å². The number of unbranched alkanes of at least 4 members (excludes halogenated alkanes) is 14. The van der Waals surface area contributed by atoms with E-state index in [2.05, 4.69) is 98.9 Å². The number of ether oxygens (including phenoxy) is 2. The highest BCUT2D eigenvalue weighted by atomic mass is 31.2. The molecule has 0 aliphatic heterocycles. The molecule has 58 heavy (non-hydrogen) atoms. The Morgan fingerprint density at radius 2 is 0.983 bits per heavy atom. The smallest absolute Gasteiger partial charge is 0.457 e. The van der Waals surface area contributed by atoms with Gasteiger partial charge < -0.3 is 24.6 Å². The van der Waals surface area contributed by atoms with E-state index in [0.717, 1.165) is 89.9 Å². The van der Waals surface area contributed by atoms with E-state index in [9.17, 15) is 19.4 Å². The first-order chi connectivity index (χ1) is 28.3. The van der Waals surface area contributed by atoms with Crippen LogP contribution >= 0.6 is 7.82 Å². The van der Waals surface area contributed by atoms with Gasteiger partial charge in [-0.2, -0.15) is 0 Å². The third-order valence-corrected chi connectivity index (χ3v) is 10.0. The average Bonchev–Trinajstić information content (AvgIpc) is 3.21. The summed E-state index contributed by atoms with van der Waals surface area (Å²) in [5.41, 5.74) is 0. The molecule has 0 spiro atoms. The summed E-state index contributed by atoms with van der Waals surface area (Å²) < 4.78 is 33.4. The maximum absolute atomic E-state index is 12.6. The predicted molar refractivity (Wildman–Crippen MR) is 242 cm³/mol. The van der Waals surface area contributed by atoms with Gasteiger partial charge in [0.2, 0.25) is 0 Å². The van der Waals surface area contributed by atoms with E-state index in [1.54, 1.807) is 0 Å². The van der Waals surface area contributed by atoms with Crippen molar-refractivity contribution in [3.8, 4) is 0 Å². The zero-order valence-electron chi connectivity index (χ0n) is 36.5. The van der Waals surface area contributed by atoms with Crippen molar-refractivity contribution in [3.63, 3.8) is 0 Å². The molecule has 10 heteroatoms. The van der Waals surface area contributed by atoms with Crippen molar-refractivity contribution in [1.29, 1.82) is 0 Å². The van der Waals surface area contributed by atoms with E-state index in [1.165, 1.54) is 51.4 Å². The number of hydrogen-bond acceptors (Lipinski definition) is 8. The Balaban J connectivity index is 4.23. The lowest BCUT2D eigenvalue weighted by molar-refractivity contribution is -0.154. The molecule has 334 valence electrons. The van der Waals surface area contributed by atoms with Gasteiger partial charge >= 0.3 is 13.8 Å². The standard InChI is InChI=1S/C48H83O9P/c1-3-5-7-9-11-13-15-17-19-21-22-23-25-27-29-31-33-35-37-39-41-54-44-47(45-56-58(52,53)55-43-46(50)42-49)57-48(51)40-38-36-34-32-30-28-26-24-20-18-16-14-12-10-8-6-4-2/h6,8,11-14,17-20,22-23,26,28,46-47,49-50H,3-5,7,9-10,15-16,21,24-25,27,29-45H2,1-2H3,(H,52,53)/b8-6-,13-11-,14-12-,19-17-,20-18-,23-22-,28-26-. The van der Waals surface area contributed by atoms with Crippen LogP contribution in [0.5, 0.6) is 0 Å². The van der Waals surface area contributed by atoms with E-state index in [-0.39, 0.29) is 13.0 Å². The lowest BCUT2D eigenvalue weighted by atomic mass is 10.1. The van der Waals surface area contributed by atoms with Crippen LogP contribution in [0.4, 0.5) is 0 Å². The van der Waals surface area contributed by atoms with Crippen LogP contribution in [0, 0.1) is 0 Å². The minimum atomic E-state index is -4.53. The fourth-order valence-corrected chi connectivity index (χ4v) is 6.44. The largest absolute Gasteiger partial charge is 0.472 e. The van der Waals surface area contributed by atoms with E-state index in [4.69, 9.17) is 23.6 Å². The maximum Gasteiger partial charge on any atom is 0.472 e. The first-order valence-corrected chi connectivity index (χ1v) is 24.1. The number of aliphatic hydroxyl groups excluding tert-OH is 2. The number of aliphatic hydroxyl groups is 2. The summed E-state index contributed by atoms with van der Waals surface area (Å²) in [6.07, 6.45) is 53.9. The molecular formula is C48H83O9P. The molecule has 3 unspecified atom stereocenters. The zero-order chi connectivity index (χ0) is 42.5. The number of carbonyl (C=O) groups is 1. The molecule has 0 amide bonds. The SMILES string of the molecule is CC/C=C\C/C=C\C/C=C\C/C=C\CCCCCCC(=O)OC(COCCCCCCCCC/C=C\C/C=C\C/C=C\CCCCC)COP(=O)(O)OCC(O)CO. The molecule has 0 fully saturated rings. The Morgan fingerprint density at radius 3 is 1.48 bits per heavy atom. The van der Waals surface area contributed by atoms with Crippen LogP contribution in [0.15, 0.2) is 85.1 Å². The molecule has 9 nitrogen and oxygen atoms in total. The molecule has 0 aromatic rings. The van der Waals surface area contributed by atoms with Crippen LogP contribution < -0.4 is 0 Å². The summed E-state index contributed by atoms with van der Waals surface area (Å²) in [6.45, 7) is 3.30. The van der Waals surface area contributed by atoms with Crippen molar-refractivity contribution in [2.45, 2.75) is 180 Å². The molecule has 0 saturated carbocycles. The van der Waals surface area contributed by atoms with Gasteiger partial charge in [-0.05, 0) is 89.9 Å². The minimum Gasteiger partial charge on any atom is -0.457 e. The summed E-state index contributed by atoms with van der Waals surface area (Å²) >= 11 is 0. The number of phosphoric ester groups is 1. The van der Waals surface area contributed by atoms with E-state index >= 15 is 0 Å². The second-order valence-corrected chi connectivity index (χ2v) is 16.1. The highest BCUT2D eigenvalue weighted by Crippen LogP contribution is 2.43. The monoisotopic (exact) mass is 835 g/mol. The van der Waals surface area contributed by atoms with Gasteiger partial charge in [0.05, 0.1) is 26.4 Å². The van der Waals surface area contributed by atoms with Gasteiger partial charge in [0.1, 0.15) is 12.2 Å². The van der Waals surface area contributed by atoms with Crippen LogP contribution in [0.3, 0.4) is 0 Å². The number of hydrogen-bond donors (Lipinski definition) is 3. The van der Waals surface area contributed by atoms with Crippen molar-refractivity contribution in [3.05, 3.63) is 85.1 Å². The molecule has 0 aromatic carbocycles. The number of esters is 1. The second-order valence-electron chi connectivity index (χ2n) is 14.7. The summed E-state index contributed by atoms with van der Waals surface area (Å²) in [4.78, 5) is 22.6. The molecular weight excluding hydrogens is 751 g/mol. The third kappa shape index (κ3) is 43.2. The fourth-order valence-electron chi connectivity index (χ4n) is 5.65. The van der Waals surface area contributed by atoms with Crippen LogP contribution in [-0.4, -0.2) is 66.3 Å². The first kappa shape index (κ1) is 55.6. The molecule has 0 aromatic heterocycles. The average molecular weight is 835 g/mol. The minimum absolute atomic E-state index is 0.0271. The quantitative estimate of drug-likeness (QED) is 0.0238. The first-order valence-electron chi connectivity index (χ1n) is 22.6. The highest BCUT2D eigenvalue weighted by Gasteiger charge is 2.26. The lowest BCUT2D eigenvalue weighted by Gasteiger charge is -2.20. The van der Waals surface area contributed by atoms with Gasteiger partial charge in [-0.1, -0.05) is 157 Å². The zero-order valence-corrected chi connectivity index (χ0v) is 37.4. The summed E-state index contributed by atoms with van der Waals surface area (Å²) in [6, 6.07) is 0. The molecule has 0 rings (SSSR count). The lowest BCUT2D eigenvalue weighted by Crippen LogP contribution is -2.29. The Morgan fingerprint density at radius 1 is 0.552 bits per heavy atom. The summed E-state index contributed by atoms with van der Waals surface area (Å²) in [5, 5.41) is 18.4. The van der Waals surface area contributed by atoms with Crippen molar-refractivity contribution >= 4 is 13.8 Å². The topological polar surface area (TPSA) is 132 Å². The van der Waals surface area contributed by atoms with Crippen LogP contribution in [0.1, 0.15) is 168 Å². The molecule has 3 atom stereocenters. The number of carbonyl (C=O) groups excluding carboxylic acids is 1. The Kier molecular flexibility index (Phi) is 42.4. The molecule has 0 saturated heterocycles.